The minimum Gasteiger partial charge on any atom is -0.374 e. The van der Waals surface area contributed by atoms with Crippen LogP contribution >= 0.6 is 11.6 Å². The van der Waals surface area contributed by atoms with Crippen LogP contribution in [0.5, 0.6) is 0 Å². The Bertz CT molecular complexity index is 1620. The van der Waals surface area contributed by atoms with Crippen LogP contribution in [-0.4, -0.2) is 32.8 Å². The summed E-state index contributed by atoms with van der Waals surface area (Å²) in [4.78, 5) is 15.6. The Morgan fingerprint density at radius 2 is 1.83 bits per heavy atom. The Balaban J connectivity index is 1.47. The van der Waals surface area contributed by atoms with Gasteiger partial charge in [-0.1, -0.05) is 17.7 Å². The zero-order chi connectivity index (χ0) is 24.8. The number of hydrogen-bond donors (Lipinski definition) is 1. The van der Waals surface area contributed by atoms with Crippen molar-refractivity contribution in [1.29, 1.82) is 0 Å². The average Bonchev–Trinajstić information content (AvgIpc) is 3.33. The van der Waals surface area contributed by atoms with Gasteiger partial charge in [-0.15, -0.1) is 0 Å². The summed E-state index contributed by atoms with van der Waals surface area (Å²) < 4.78 is 14.7. The van der Waals surface area contributed by atoms with Crippen LogP contribution in [0.1, 0.15) is 12.5 Å². The number of aliphatic hydroxyl groups excluding tert-OH is 1. The second-order valence-corrected chi connectivity index (χ2v) is 9.37. The molecule has 0 spiro atoms. The Labute approximate surface area is 212 Å². The van der Waals surface area contributed by atoms with E-state index in [1.54, 1.807) is 25.4 Å². The van der Waals surface area contributed by atoms with Gasteiger partial charge in [0.25, 0.3) is 0 Å². The maximum atomic E-state index is 14.7. The third-order valence-electron chi connectivity index (χ3n) is 6.63. The highest BCUT2D eigenvalue weighted by Crippen LogP contribution is 2.36. The van der Waals surface area contributed by atoms with E-state index in [1.807, 2.05) is 29.3 Å². The summed E-state index contributed by atoms with van der Waals surface area (Å²) in [5.74, 6) is -0.399. The lowest BCUT2D eigenvalue weighted by atomic mass is 9.97. The SMILES string of the molecule is CC(O)N1CCc2cc(-c3cncc(-c4cc(-c5cc(Cl)ccc5F)nc5ncccc45)c3)ccc21. The van der Waals surface area contributed by atoms with Crippen LogP contribution in [-0.2, 0) is 6.42 Å². The number of aliphatic hydroxyl groups is 1. The Kier molecular flexibility index (Phi) is 5.63. The maximum Gasteiger partial charge on any atom is 0.160 e. The predicted octanol–water partition coefficient (Wildman–Crippen LogP) is 6.52. The molecule has 6 rings (SSSR count). The minimum absolute atomic E-state index is 0.321. The van der Waals surface area contributed by atoms with Crippen molar-refractivity contribution < 1.29 is 9.50 Å². The zero-order valence-electron chi connectivity index (χ0n) is 19.5. The number of rotatable bonds is 4. The summed E-state index contributed by atoms with van der Waals surface area (Å²) in [6, 6.07) is 18.5. The normalized spacial score (nSPS) is 13.7. The Hall–Kier alpha value is -3.87. The largest absolute Gasteiger partial charge is 0.374 e. The molecule has 1 unspecified atom stereocenters. The van der Waals surface area contributed by atoms with Crippen molar-refractivity contribution in [3.8, 4) is 33.5 Å². The van der Waals surface area contributed by atoms with Gasteiger partial charge in [-0.2, -0.15) is 0 Å². The van der Waals surface area contributed by atoms with Crippen LogP contribution in [0.15, 0.2) is 79.3 Å². The molecule has 178 valence electrons. The molecule has 5 aromatic rings. The van der Waals surface area contributed by atoms with Crippen molar-refractivity contribution in [2.75, 3.05) is 11.4 Å². The molecule has 0 radical (unpaired) electrons. The van der Waals surface area contributed by atoms with Crippen LogP contribution in [0.25, 0.3) is 44.5 Å². The van der Waals surface area contributed by atoms with E-state index in [1.165, 1.54) is 17.7 Å². The smallest absolute Gasteiger partial charge is 0.160 e. The number of benzene rings is 2. The van der Waals surface area contributed by atoms with Crippen LogP contribution in [0.2, 0.25) is 5.02 Å². The summed E-state index contributed by atoms with van der Waals surface area (Å²) in [5.41, 5.74) is 7.32. The number of halogens is 2. The van der Waals surface area contributed by atoms with Crippen molar-refractivity contribution in [3.05, 3.63) is 95.7 Å². The number of hydrogen-bond acceptors (Lipinski definition) is 5. The first-order chi connectivity index (χ1) is 17.5. The summed E-state index contributed by atoms with van der Waals surface area (Å²) in [6.07, 6.45) is 5.68. The monoisotopic (exact) mass is 496 g/mol. The molecule has 4 heterocycles. The van der Waals surface area contributed by atoms with Gasteiger partial charge < -0.3 is 10.0 Å². The minimum atomic E-state index is -0.519. The van der Waals surface area contributed by atoms with E-state index in [0.29, 0.717) is 21.9 Å². The molecule has 0 saturated carbocycles. The van der Waals surface area contributed by atoms with Crippen molar-refractivity contribution in [2.24, 2.45) is 0 Å². The molecule has 1 atom stereocenters. The van der Waals surface area contributed by atoms with E-state index in [4.69, 9.17) is 11.6 Å². The zero-order valence-corrected chi connectivity index (χ0v) is 20.2. The van der Waals surface area contributed by atoms with Gasteiger partial charge in [-0.25, -0.2) is 14.4 Å². The fourth-order valence-electron chi connectivity index (χ4n) is 4.87. The van der Waals surface area contributed by atoms with Gasteiger partial charge in [0.2, 0.25) is 0 Å². The van der Waals surface area contributed by atoms with Crippen LogP contribution in [0.4, 0.5) is 10.1 Å². The van der Waals surface area contributed by atoms with Gasteiger partial charge in [-0.05, 0) is 84.6 Å². The highest BCUT2D eigenvalue weighted by Gasteiger charge is 2.22. The molecule has 1 aliphatic rings. The van der Waals surface area contributed by atoms with Crippen molar-refractivity contribution in [3.63, 3.8) is 0 Å². The molecule has 5 nitrogen and oxygen atoms in total. The van der Waals surface area contributed by atoms with Crippen molar-refractivity contribution >= 4 is 28.3 Å². The second-order valence-electron chi connectivity index (χ2n) is 8.93. The van der Waals surface area contributed by atoms with Gasteiger partial charge >= 0.3 is 0 Å². The summed E-state index contributed by atoms with van der Waals surface area (Å²) >= 11 is 6.16. The molecule has 1 N–H and O–H groups in total. The topological polar surface area (TPSA) is 62.1 Å². The Morgan fingerprint density at radius 1 is 0.972 bits per heavy atom. The summed E-state index contributed by atoms with van der Waals surface area (Å²) in [6.45, 7) is 2.58. The molecule has 7 heteroatoms. The van der Waals surface area contributed by atoms with Crippen LogP contribution < -0.4 is 4.90 Å². The number of nitrogens with zero attached hydrogens (tertiary/aromatic N) is 4. The van der Waals surface area contributed by atoms with Gasteiger partial charge in [0.1, 0.15) is 12.0 Å². The van der Waals surface area contributed by atoms with E-state index < -0.39 is 12.0 Å². The summed E-state index contributed by atoms with van der Waals surface area (Å²) in [5, 5.41) is 11.3. The molecule has 0 amide bonds. The lowest BCUT2D eigenvalue weighted by Crippen LogP contribution is -2.30. The third-order valence-corrected chi connectivity index (χ3v) is 6.87. The number of fused-ring (bicyclic) bond motifs is 2. The molecule has 0 aliphatic carbocycles. The van der Waals surface area contributed by atoms with Gasteiger partial charge in [0, 0.05) is 57.9 Å². The molecule has 0 bridgehead atoms. The molecule has 0 saturated heterocycles. The van der Waals surface area contributed by atoms with E-state index in [0.717, 1.165) is 46.3 Å². The van der Waals surface area contributed by atoms with E-state index in [2.05, 4.69) is 39.2 Å². The highest BCUT2D eigenvalue weighted by atomic mass is 35.5. The number of anilines is 1. The maximum absolute atomic E-state index is 14.7. The molecule has 0 fully saturated rings. The average molecular weight is 497 g/mol. The first kappa shape index (κ1) is 22.6. The first-order valence-electron chi connectivity index (χ1n) is 11.7. The van der Waals surface area contributed by atoms with E-state index >= 15 is 0 Å². The number of aromatic nitrogens is 3. The second kappa shape index (κ2) is 8.97. The van der Waals surface area contributed by atoms with Crippen LogP contribution in [0, 0.1) is 5.82 Å². The molecule has 36 heavy (non-hydrogen) atoms. The molecular weight excluding hydrogens is 475 g/mol. The lowest BCUT2D eigenvalue weighted by molar-refractivity contribution is 0.191. The molecule has 1 aliphatic heterocycles. The standard InChI is InChI=1S/C29H22ClFN4O/c1-17(36)35-10-8-19-11-18(4-7-28(19)35)20-12-21(16-32-15-20)24-14-27(25-13-22(30)5-6-26(25)31)34-29-23(24)3-2-9-33-29/h2-7,9,11-17,36H,8,10H2,1H3. The molecule has 2 aromatic carbocycles. The highest BCUT2D eigenvalue weighted by molar-refractivity contribution is 6.30. The summed E-state index contributed by atoms with van der Waals surface area (Å²) in [7, 11) is 0. The van der Waals surface area contributed by atoms with E-state index in [-0.39, 0.29) is 0 Å². The third kappa shape index (κ3) is 3.98. The van der Waals surface area contributed by atoms with E-state index in [9.17, 15) is 9.50 Å². The Morgan fingerprint density at radius 3 is 2.69 bits per heavy atom. The number of pyridine rings is 3. The lowest BCUT2D eigenvalue weighted by Gasteiger charge is -2.22. The van der Waals surface area contributed by atoms with Crippen molar-refractivity contribution in [1.82, 2.24) is 15.0 Å². The predicted molar refractivity (Wildman–Crippen MR) is 141 cm³/mol. The van der Waals surface area contributed by atoms with Crippen LogP contribution in [0.3, 0.4) is 0 Å². The molecular formula is C29H22ClFN4O. The van der Waals surface area contributed by atoms with Crippen molar-refractivity contribution in [2.45, 2.75) is 19.6 Å². The van der Waals surface area contributed by atoms with Gasteiger partial charge in [0.05, 0.1) is 5.69 Å². The first-order valence-corrected chi connectivity index (χ1v) is 12.1. The quantitative estimate of drug-likeness (QED) is 0.307. The van der Waals surface area contributed by atoms with Gasteiger partial charge in [-0.3, -0.25) is 4.98 Å². The fraction of sp³-hybridized carbons (Fsp3) is 0.138. The van der Waals surface area contributed by atoms with Gasteiger partial charge in [0.15, 0.2) is 5.65 Å². The molecule has 3 aromatic heterocycles. The fourth-order valence-corrected chi connectivity index (χ4v) is 5.04.